The third-order valence-electron chi connectivity index (χ3n) is 3.21. The Kier molecular flexibility index (Phi) is 4.80. The lowest BCUT2D eigenvalue weighted by Gasteiger charge is -2.19. The highest BCUT2D eigenvalue weighted by atomic mass is 127. The molecule has 0 N–H and O–H groups in total. The van der Waals surface area contributed by atoms with Crippen LogP contribution in [-0.2, 0) is 0 Å². The van der Waals surface area contributed by atoms with E-state index in [-0.39, 0.29) is 0 Å². The summed E-state index contributed by atoms with van der Waals surface area (Å²) in [6, 6.07) is 0. The maximum atomic E-state index is 4.59. The lowest BCUT2D eigenvalue weighted by atomic mass is 10.0. The summed E-state index contributed by atoms with van der Waals surface area (Å²) in [4.78, 5) is 6.77. The van der Waals surface area contributed by atoms with Gasteiger partial charge >= 0.3 is 0 Å². The summed E-state index contributed by atoms with van der Waals surface area (Å²) in [6.07, 6.45) is 15.1. The molecule has 0 aromatic rings. The maximum absolute atomic E-state index is 4.59. The molecule has 0 saturated heterocycles. The third kappa shape index (κ3) is 3.83. The van der Waals surface area contributed by atoms with Crippen LogP contribution in [0.2, 0.25) is 0 Å². The number of rotatable bonds is 3. The van der Waals surface area contributed by atoms with Crippen LogP contribution in [0.1, 0.15) is 25.7 Å². The topological polar surface area (TPSA) is 15.6 Å². The minimum absolute atomic E-state index is 1.07. The molecule has 0 aromatic carbocycles. The van der Waals surface area contributed by atoms with Crippen molar-refractivity contribution in [3.8, 4) is 0 Å². The first-order chi connectivity index (χ1) is 8.65. The molecule has 3 heteroatoms. The lowest BCUT2D eigenvalue weighted by Crippen LogP contribution is -2.12. The van der Waals surface area contributed by atoms with Crippen LogP contribution in [0.5, 0.6) is 0 Å². The fourth-order valence-electron chi connectivity index (χ4n) is 2.00. The summed E-state index contributed by atoms with van der Waals surface area (Å²) < 4.78 is 1.42. The predicted molar refractivity (Wildman–Crippen MR) is 87.0 cm³/mol. The smallest absolute Gasteiger partial charge is 0.0407 e. The molecule has 2 aliphatic rings. The van der Waals surface area contributed by atoms with Gasteiger partial charge in [-0.1, -0.05) is 12.2 Å². The number of aliphatic imine (C=N–C) groups is 1. The van der Waals surface area contributed by atoms with Crippen molar-refractivity contribution < 1.29 is 0 Å². The monoisotopic (exact) mass is 354 g/mol. The van der Waals surface area contributed by atoms with Crippen molar-refractivity contribution in [1.29, 1.82) is 0 Å². The van der Waals surface area contributed by atoms with E-state index in [2.05, 4.69) is 70.9 Å². The van der Waals surface area contributed by atoms with E-state index in [1.807, 2.05) is 6.21 Å². The first-order valence-electron chi connectivity index (χ1n) is 6.31. The summed E-state index contributed by atoms with van der Waals surface area (Å²) in [5, 5.41) is 0. The van der Waals surface area contributed by atoms with Crippen molar-refractivity contribution >= 4 is 28.8 Å². The Balaban J connectivity index is 1.99. The summed E-state index contributed by atoms with van der Waals surface area (Å²) in [5.74, 6) is 0. The van der Waals surface area contributed by atoms with E-state index < -0.39 is 0 Å². The zero-order valence-electron chi connectivity index (χ0n) is 11.0. The molecule has 0 fully saturated rings. The summed E-state index contributed by atoms with van der Waals surface area (Å²) >= 11 is 2.39. The maximum Gasteiger partial charge on any atom is 0.0407 e. The van der Waals surface area contributed by atoms with Crippen LogP contribution >= 0.6 is 22.6 Å². The van der Waals surface area contributed by atoms with E-state index in [0.29, 0.717) is 0 Å². The molecule has 2 aliphatic carbocycles. The average molecular weight is 354 g/mol. The molecule has 0 spiro atoms. The predicted octanol–water partition coefficient (Wildman–Crippen LogP) is 4.22. The number of allylic oxidation sites excluding steroid dienone is 8. The van der Waals surface area contributed by atoms with Crippen LogP contribution in [0, 0.1) is 0 Å². The molecule has 2 rings (SSSR count). The van der Waals surface area contributed by atoms with Crippen LogP contribution in [0.25, 0.3) is 0 Å². The highest BCUT2D eigenvalue weighted by Gasteiger charge is 2.07. The zero-order chi connectivity index (χ0) is 13.0. The first kappa shape index (κ1) is 13.6. The molecular formula is C15H19IN2. The molecule has 0 heterocycles. The standard InChI is InChI=1S/C15H19IN2/c1-18(2)15-9-3-12(4-10-15)11-17-14-7-5-13(16)6-8-14/h3,5,7,9,11H,4,6,8,10H2,1-2H3. The normalized spacial score (nSPS) is 20.2. The van der Waals surface area contributed by atoms with E-state index in [9.17, 15) is 0 Å². The number of hydrogen-bond donors (Lipinski definition) is 0. The average Bonchev–Trinajstić information content (AvgIpc) is 2.38. The van der Waals surface area contributed by atoms with Gasteiger partial charge in [0.1, 0.15) is 0 Å². The van der Waals surface area contributed by atoms with Crippen molar-refractivity contribution in [2.45, 2.75) is 25.7 Å². The Morgan fingerprint density at radius 3 is 2.44 bits per heavy atom. The number of halogens is 1. The summed E-state index contributed by atoms with van der Waals surface area (Å²) in [7, 11) is 4.19. The first-order valence-corrected chi connectivity index (χ1v) is 7.39. The number of nitrogens with zero attached hydrogens (tertiary/aromatic N) is 2. The van der Waals surface area contributed by atoms with E-state index in [4.69, 9.17) is 0 Å². The van der Waals surface area contributed by atoms with Gasteiger partial charge in [-0.2, -0.15) is 0 Å². The molecule has 0 unspecified atom stereocenters. The highest BCUT2D eigenvalue weighted by Crippen LogP contribution is 2.24. The van der Waals surface area contributed by atoms with E-state index in [1.54, 1.807) is 0 Å². The zero-order valence-corrected chi connectivity index (χ0v) is 13.1. The molecule has 0 aliphatic heterocycles. The second-order valence-corrected chi connectivity index (χ2v) is 6.21. The fourth-order valence-corrected chi connectivity index (χ4v) is 2.45. The van der Waals surface area contributed by atoms with Crippen LogP contribution in [0.15, 0.2) is 49.8 Å². The van der Waals surface area contributed by atoms with Gasteiger partial charge in [0, 0.05) is 31.7 Å². The van der Waals surface area contributed by atoms with Crippen LogP contribution < -0.4 is 0 Å². The summed E-state index contributed by atoms with van der Waals surface area (Å²) in [5.41, 5.74) is 3.91. The molecule has 18 heavy (non-hydrogen) atoms. The molecule has 0 radical (unpaired) electrons. The van der Waals surface area contributed by atoms with Gasteiger partial charge in [0.2, 0.25) is 0 Å². The third-order valence-corrected chi connectivity index (χ3v) is 4.11. The molecule has 96 valence electrons. The van der Waals surface area contributed by atoms with Gasteiger partial charge in [0.25, 0.3) is 0 Å². The summed E-state index contributed by atoms with van der Waals surface area (Å²) in [6.45, 7) is 0. The van der Waals surface area contributed by atoms with Gasteiger partial charge in [0.15, 0.2) is 0 Å². The largest absolute Gasteiger partial charge is 0.381 e. The van der Waals surface area contributed by atoms with Gasteiger partial charge in [0.05, 0.1) is 0 Å². The van der Waals surface area contributed by atoms with Gasteiger partial charge in [-0.05, 0) is 69.6 Å². The second-order valence-electron chi connectivity index (χ2n) is 4.82. The van der Waals surface area contributed by atoms with Crippen LogP contribution in [0.4, 0.5) is 0 Å². The molecule has 2 nitrogen and oxygen atoms in total. The molecule has 0 aromatic heterocycles. The Hall–Kier alpha value is -0.840. The lowest BCUT2D eigenvalue weighted by molar-refractivity contribution is 0.485. The quantitative estimate of drug-likeness (QED) is 0.547. The Morgan fingerprint density at radius 2 is 1.89 bits per heavy atom. The van der Waals surface area contributed by atoms with Gasteiger partial charge in [-0.25, -0.2) is 0 Å². The van der Waals surface area contributed by atoms with Crippen molar-refractivity contribution in [2.24, 2.45) is 4.99 Å². The number of hydrogen-bond acceptors (Lipinski definition) is 2. The SMILES string of the molecule is CN(C)C1=CC=C(C=NC2=CC=C(I)CC2)CC1. The van der Waals surface area contributed by atoms with Crippen molar-refractivity contribution in [3.05, 3.63) is 44.9 Å². The van der Waals surface area contributed by atoms with Gasteiger partial charge < -0.3 is 4.90 Å². The highest BCUT2D eigenvalue weighted by molar-refractivity contribution is 14.1. The van der Waals surface area contributed by atoms with Gasteiger partial charge in [-0.3, -0.25) is 4.99 Å². The van der Waals surface area contributed by atoms with Crippen molar-refractivity contribution in [1.82, 2.24) is 4.90 Å². The van der Waals surface area contributed by atoms with Crippen LogP contribution in [0.3, 0.4) is 0 Å². The molecule has 0 amide bonds. The molecule has 0 atom stereocenters. The van der Waals surface area contributed by atoms with Crippen molar-refractivity contribution in [2.75, 3.05) is 14.1 Å². The van der Waals surface area contributed by atoms with Gasteiger partial charge in [-0.15, -0.1) is 0 Å². The molecule has 0 saturated carbocycles. The van der Waals surface area contributed by atoms with Crippen LogP contribution in [-0.4, -0.2) is 25.2 Å². The second kappa shape index (κ2) is 6.36. The van der Waals surface area contributed by atoms with Crippen molar-refractivity contribution in [3.63, 3.8) is 0 Å². The minimum atomic E-state index is 1.07. The molecule has 0 bridgehead atoms. The Bertz CT molecular complexity index is 465. The van der Waals surface area contributed by atoms with E-state index in [0.717, 1.165) is 25.7 Å². The Labute approximate surface area is 123 Å². The van der Waals surface area contributed by atoms with E-state index >= 15 is 0 Å². The minimum Gasteiger partial charge on any atom is -0.381 e. The molecular weight excluding hydrogens is 335 g/mol. The Morgan fingerprint density at radius 1 is 1.06 bits per heavy atom. The van der Waals surface area contributed by atoms with E-state index in [1.165, 1.54) is 20.5 Å². The fraction of sp³-hybridized carbons (Fsp3) is 0.400.